The van der Waals surface area contributed by atoms with Crippen molar-refractivity contribution in [2.45, 2.75) is 10.9 Å². The molecule has 12 heteroatoms. The Kier molecular flexibility index (Phi) is 5.03. The predicted molar refractivity (Wildman–Crippen MR) is 79.4 cm³/mol. The summed E-state index contributed by atoms with van der Waals surface area (Å²) in [7, 11) is -5.11. The van der Waals surface area contributed by atoms with Crippen LogP contribution in [-0.4, -0.2) is 23.7 Å². The minimum atomic E-state index is -5.11. The second kappa shape index (κ2) is 6.20. The molecule has 0 spiro atoms. The molecule has 0 unspecified atom stereocenters. The van der Waals surface area contributed by atoms with Gasteiger partial charge in [0, 0.05) is 0 Å². The van der Waals surface area contributed by atoms with Gasteiger partial charge >= 0.3 is 5.76 Å². The fraction of sp³-hybridized carbons (Fsp3) is 0.100. The molecule has 0 saturated carbocycles. The van der Waals surface area contributed by atoms with Crippen LogP contribution in [0.4, 0.5) is 13.2 Å². The van der Waals surface area contributed by atoms with Crippen LogP contribution in [-0.2, 0) is 9.84 Å². The summed E-state index contributed by atoms with van der Waals surface area (Å²) < 4.78 is 62.7. The molecule has 0 aliphatic carbocycles. The maximum Gasteiger partial charge on any atom is 0.344 e. The lowest BCUT2D eigenvalue weighted by Crippen LogP contribution is -2.17. The number of imidazole rings is 1. The van der Waals surface area contributed by atoms with E-state index in [0.717, 1.165) is 12.1 Å². The summed E-state index contributed by atoms with van der Waals surface area (Å²) in [6.45, 7) is 0. The van der Waals surface area contributed by atoms with E-state index in [-0.39, 0.29) is 20.3 Å². The van der Waals surface area contributed by atoms with E-state index in [1.165, 1.54) is 0 Å². The van der Waals surface area contributed by atoms with Gasteiger partial charge in [-0.05, 0) is 28.1 Å². The Hall–Kier alpha value is -0.480. The van der Waals surface area contributed by atoms with E-state index in [0.29, 0.717) is 4.57 Å². The SMILES string of the molecule is O=S(=O)(c1nc(Cl)c(Br)n1-c1c(Cl)cc(F)cc1Cl)C(F)F. The zero-order chi connectivity index (χ0) is 16.8. The highest BCUT2D eigenvalue weighted by Gasteiger charge is 2.35. The van der Waals surface area contributed by atoms with Gasteiger partial charge in [-0.15, -0.1) is 0 Å². The first-order valence-corrected chi connectivity index (χ1v) is 8.65. The summed E-state index contributed by atoms with van der Waals surface area (Å²) in [5.41, 5.74) is -0.254. The Morgan fingerprint density at radius 3 is 2.14 bits per heavy atom. The molecule has 1 aromatic heterocycles. The van der Waals surface area contributed by atoms with Crippen LogP contribution in [0.1, 0.15) is 0 Å². The number of nitrogens with zero attached hydrogens (tertiary/aromatic N) is 2. The van der Waals surface area contributed by atoms with Gasteiger partial charge in [0.25, 0.3) is 9.84 Å². The number of alkyl halides is 2. The van der Waals surface area contributed by atoms with Crippen molar-refractivity contribution in [2.75, 3.05) is 0 Å². The van der Waals surface area contributed by atoms with Crippen LogP contribution in [0.2, 0.25) is 15.2 Å². The van der Waals surface area contributed by atoms with Crippen molar-refractivity contribution in [3.63, 3.8) is 0 Å². The minimum absolute atomic E-state index is 0.177. The average Bonchev–Trinajstić information content (AvgIpc) is 2.66. The molecule has 120 valence electrons. The molecule has 2 aromatic rings. The lowest BCUT2D eigenvalue weighted by atomic mass is 10.3. The highest BCUT2D eigenvalue weighted by Crippen LogP contribution is 2.38. The number of halogens is 7. The van der Waals surface area contributed by atoms with E-state index >= 15 is 0 Å². The summed E-state index contributed by atoms with van der Waals surface area (Å²) in [5.74, 6) is -4.53. The Morgan fingerprint density at radius 1 is 1.18 bits per heavy atom. The maximum absolute atomic E-state index is 13.2. The van der Waals surface area contributed by atoms with Crippen LogP contribution < -0.4 is 0 Å². The lowest BCUT2D eigenvalue weighted by Gasteiger charge is -2.13. The molecule has 1 heterocycles. The van der Waals surface area contributed by atoms with Crippen molar-refractivity contribution in [1.29, 1.82) is 0 Å². The molecule has 0 saturated heterocycles. The Morgan fingerprint density at radius 2 is 1.68 bits per heavy atom. The van der Waals surface area contributed by atoms with Gasteiger partial charge in [-0.25, -0.2) is 17.8 Å². The Balaban J connectivity index is 2.89. The highest BCUT2D eigenvalue weighted by molar-refractivity contribution is 9.10. The molecule has 1 aromatic carbocycles. The lowest BCUT2D eigenvalue weighted by molar-refractivity contribution is 0.233. The van der Waals surface area contributed by atoms with Crippen molar-refractivity contribution < 1.29 is 21.6 Å². The molecule has 22 heavy (non-hydrogen) atoms. The number of sulfone groups is 1. The fourth-order valence-corrected chi connectivity index (χ4v) is 3.78. The first kappa shape index (κ1) is 17.9. The molecule has 0 aliphatic rings. The molecule has 0 fully saturated rings. The summed E-state index contributed by atoms with van der Waals surface area (Å²) in [5, 5.41) is -2.11. The normalized spacial score (nSPS) is 12.2. The number of rotatable bonds is 3. The van der Waals surface area contributed by atoms with E-state index in [1.807, 2.05) is 0 Å². The van der Waals surface area contributed by atoms with E-state index in [4.69, 9.17) is 34.8 Å². The molecule has 4 nitrogen and oxygen atoms in total. The molecule has 0 amide bonds. The van der Waals surface area contributed by atoms with E-state index in [1.54, 1.807) is 0 Å². The van der Waals surface area contributed by atoms with Crippen LogP contribution >= 0.6 is 50.7 Å². The van der Waals surface area contributed by atoms with Crippen LogP contribution in [0.5, 0.6) is 0 Å². The molecule has 0 N–H and O–H groups in total. The second-order valence-electron chi connectivity index (χ2n) is 3.84. The molecule has 0 radical (unpaired) electrons. The van der Waals surface area contributed by atoms with Gasteiger partial charge in [-0.3, -0.25) is 4.57 Å². The predicted octanol–water partition coefficient (Wildman–Crippen LogP) is 4.73. The van der Waals surface area contributed by atoms with Crippen LogP contribution in [0, 0.1) is 5.82 Å². The van der Waals surface area contributed by atoms with Crippen molar-refractivity contribution in [1.82, 2.24) is 9.55 Å². The number of benzene rings is 1. The topological polar surface area (TPSA) is 52.0 Å². The largest absolute Gasteiger partial charge is 0.344 e. The Bertz CT molecular complexity index is 834. The van der Waals surface area contributed by atoms with Crippen LogP contribution in [0.3, 0.4) is 0 Å². The molecule has 0 atom stereocenters. The highest BCUT2D eigenvalue weighted by atomic mass is 79.9. The summed E-state index contributed by atoms with van der Waals surface area (Å²) in [6, 6.07) is 1.67. The second-order valence-corrected chi connectivity index (χ2v) is 7.57. The van der Waals surface area contributed by atoms with Gasteiger partial charge in [-0.2, -0.15) is 8.78 Å². The zero-order valence-corrected chi connectivity index (χ0v) is 14.7. The quantitative estimate of drug-likeness (QED) is 0.668. The van der Waals surface area contributed by atoms with Crippen LogP contribution in [0.15, 0.2) is 21.9 Å². The van der Waals surface area contributed by atoms with Crippen molar-refractivity contribution in [3.8, 4) is 5.69 Å². The summed E-state index contributed by atoms with van der Waals surface area (Å²) >= 11 is 20.3. The molecule has 0 aliphatic heterocycles. The molecular weight excluding hydrogens is 455 g/mol. The fourth-order valence-electron chi connectivity index (χ4n) is 1.57. The summed E-state index contributed by atoms with van der Waals surface area (Å²) in [6.07, 6.45) is 0. The third-order valence-electron chi connectivity index (χ3n) is 2.45. The minimum Gasteiger partial charge on any atom is -0.273 e. The first-order valence-electron chi connectivity index (χ1n) is 5.18. The monoisotopic (exact) mass is 456 g/mol. The van der Waals surface area contributed by atoms with Crippen molar-refractivity contribution >= 4 is 60.6 Å². The smallest absolute Gasteiger partial charge is 0.273 e. The number of aromatic nitrogens is 2. The van der Waals surface area contributed by atoms with E-state index in [9.17, 15) is 21.6 Å². The third-order valence-corrected chi connectivity index (χ3v) is 5.50. The first-order chi connectivity index (χ1) is 10.1. The van der Waals surface area contributed by atoms with E-state index < -0.39 is 31.7 Å². The van der Waals surface area contributed by atoms with Gasteiger partial charge in [0.15, 0.2) is 5.15 Å². The summed E-state index contributed by atoms with van der Waals surface area (Å²) in [4.78, 5) is 3.39. The Labute approximate surface area is 145 Å². The number of hydrogen-bond acceptors (Lipinski definition) is 3. The van der Waals surface area contributed by atoms with Crippen molar-refractivity contribution in [3.05, 3.63) is 37.8 Å². The maximum atomic E-state index is 13.2. The molecular formula is C10H3BrCl3F3N2O2S. The third kappa shape index (κ3) is 2.96. The van der Waals surface area contributed by atoms with Gasteiger partial charge < -0.3 is 0 Å². The van der Waals surface area contributed by atoms with Gasteiger partial charge in [0.2, 0.25) is 5.16 Å². The van der Waals surface area contributed by atoms with Crippen LogP contribution in [0.25, 0.3) is 5.69 Å². The standard InChI is InChI=1S/C10H3BrCl3F3N2O2S/c11-7-8(14)18-10(22(20,21)9(16)17)19(7)6-4(12)1-3(15)2-5(6)13/h1-2,9H. The average molecular weight is 458 g/mol. The molecule has 0 bridgehead atoms. The number of hydrogen-bond donors (Lipinski definition) is 0. The molecule has 2 rings (SSSR count). The van der Waals surface area contributed by atoms with Gasteiger partial charge in [-0.1, -0.05) is 34.8 Å². The van der Waals surface area contributed by atoms with Gasteiger partial charge in [0.05, 0.1) is 15.7 Å². The van der Waals surface area contributed by atoms with Crippen molar-refractivity contribution in [2.24, 2.45) is 0 Å². The van der Waals surface area contributed by atoms with E-state index in [2.05, 4.69) is 20.9 Å². The zero-order valence-electron chi connectivity index (χ0n) is 10.00. The van der Waals surface area contributed by atoms with Gasteiger partial charge in [0.1, 0.15) is 10.4 Å².